The third-order valence-electron chi connectivity index (χ3n) is 3.26. The van der Waals surface area contributed by atoms with E-state index in [9.17, 15) is 0 Å². The number of unbranched alkanes of at least 4 members (excludes halogenated alkanes) is 4. The van der Waals surface area contributed by atoms with Gasteiger partial charge in [-0.15, -0.1) is 10.2 Å². The predicted octanol–water partition coefficient (Wildman–Crippen LogP) is 4.37. The minimum Gasteiger partial charge on any atom is -0.335 e. The lowest BCUT2D eigenvalue weighted by Crippen LogP contribution is -2.11. The Kier molecular flexibility index (Phi) is 6.39. The Labute approximate surface area is 135 Å². The van der Waals surface area contributed by atoms with Crippen LogP contribution < -0.4 is 5.84 Å². The van der Waals surface area contributed by atoms with Crippen LogP contribution in [-0.2, 0) is 0 Å². The molecule has 0 radical (unpaired) electrons. The summed E-state index contributed by atoms with van der Waals surface area (Å²) in [7, 11) is 0. The molecular formula is C15H21ClN4S. The van der Waals surface area contributed by atoms with E-state index in [1.54, 1.807) is 11.8 Å². The van der Waals surface area contributed by atoms with E-state index in [0.29, 0.717) is 10.8 Å². The monoisotopic (exact) mass is 324 g/mol. The average molecular weight is 325 g/mol. The predicted molar refractivity (Wildman–Crippen MR) is 90.1 cm³/mol. The van der Waals surface area contributed by atoms with Crippen molar-refractivity contribution in [2.45, 2.75) is 44.2 Å². The molecule has 4 nitrogen and oxygen atoms in total. The van der Waals surface area contributed by atoms with E-state index < -0.39 is 0 Å². The zero-order valence-electron chi connectivity index (χ0n) is 12.3. The molecule has 6 heteroatoms. The van der Waals surface area contributed by atoms with Gasteiger partial charge in [0.2, 0.25) is 5.16 Å². The first-order valence-corrected chi connectivity index (χ1v) is 8.68. The van der Waals surface area contributed by atoms with Crippen LogP contribution in [0.15, 0.2) is 29.4 Å². The summed E-state index contributed by atoms with van der Waals surface area (Å²) >= 11 is 7.82. The van der Waals surface area contributed by atoms with Crippen LogP contribution in [0.3, 0.4) is 0 Å². The molecule has 0 amide bonds. The zero-order valence-corrected chi connectivity index (χ0v) is 13.8. The van der Waals surface area contributed by atoms with Crippen molar-refractivity contribution < 1.29 is 0 Å². The first kappa shape index (κ1) is 16.2. The number of nitrogens with two attached hydrogens (primary N) is 1. The van der Waals surface area contributed by atoms with E-state index in [1.807, 2.05) is 24.3 Å². The van der Waals surface area contributed by atoms with Crippen molar-refractivity contribution in [3.63, 3.8) is 0 Å². The number of benzene rings is 1. The maximum Gasteiger partial charge on any atom is 0.210 e. The maximum absolute atomic E-state index is 6.17. The summed E-state index contributed by atoms with van der Waals surface area (Å²) in [6, 6.07) is 7.52. The quantitative estimate of drug-likeness (QED) is 0.445. The fraction of sp³-hybridized carbons (Fsp3) is 0.467. The van der Waals surface area contributed by atoms with Crippen LogP contribution >= 0.6 is 23.4 Å². The minimum atomic E-state index is 0.606. The van der Waals surface area contributed by atoms with E-state index in [1.165, 1.54) is 36.8 Å². The smallest absolute Gasteiger partial charge is 0.210 e. The van der Waals surface area contributed by atoms with Crippen molar-refractivity contribution in [3.8, 4) is 11.4 Å². The molecule has 2 rings (SSSR count). The summed E-state index contributed by atoms with van der Waals surface area (Å²) in [6.07, 6.45) is 6.33. The van der Waals surface area contributed by atoms with Crippen LogP contribution in [0.2, 0.25) is 5.02 Å². The molecule has 1 aromatic carbocycles. The van der Waals surface area contributed by atoms with Crippen molar-refractivity contribution >= 4 is 23.4 Å². The molecule has 0 saturated heterocycles. The van der Waals surface area contributed by atoms with Crippen LogP contribution in [0.1, 0.15) is 39.0 Å². The zero-order chi connectivity index (χ0) is 15.1. The summed E-state index contributed by atoms with van der Waals surface area (Å²) in [6.45, 7) is 2.22. The highest BCUT2D eigenvalue weighted by atomic mass is 35.5. The van der Waals surface area contributed by atoms with Gasteiger partial charge in [0.25, 0.3) is 0 Å². The van der Waals surface area contributed by atoms with E-state index in [-0.39, 0.29) is 0 Å². The molecule has 0 aliphatic rings. The van der Waals surface area contributed by atoms with Crippen molar-refractivity contribution in [2.24, 2.45) is 0 Å². The molecule has 1 aromatic heterocycles. The molecule has 2 aromatic rings. The van der Waals surface area contributed by atoms with E-state index in [0.717, 1.165) is 16.5 Å². The summed E-state index contributed by atoms with van der Waals surface area (Å²) in [4.78, 5) is 0. The lowest BCUT2D eigenvalue weighted by molar-refractivity contribution is 0.659. The highest BCUT2D eigenvalue weighted by molar-refractivity contribution is 7.99. The van der Waals surface area contributed by atoms with Crippen molar-refractivity contribution in [1.29, 1.82) is 0 Å². The Morgan fingerprint density at radius 2 is 1.90 bits per heavy atom. The van der Waals surface area contributed by atoms with Gasteiger partial charge in [0.15, 0.2) is 5.82 Å². The lowest BCUT2D eigenvalue weighted by Gasteiger charge is -2.05. The first-order valence-electron chi connectivity index (χ1n) is 7.32. The highest BCUT2D eigenvalue weighted by Gasteiger charge is 2.14. The molecule has 0 atom stereocenters. The maximum atomic E-state index is 6.17. The third-order valence-corrected chi connectivity index (χ3v) is 4.62. The van der Waals surface area contributed by atoms with Crippen molar-refractivity contribution in [1.82, 2.24) is 14.9 Å². The summed E-state index contributed by atoms with van der Waals surface area (Å²) in [5.41, 5.74) is 0.809. The summed E-state index contributed by atoms with van der Waals surface area (Å²) < 4.78 is 1.53. The summed E-state index contributed by atoms with van der Waals surface area (Å²) in [5, 5.41) is 9.69. The SMILES string of the molecule is CCCCCCCSc1nnc(-c2ccccc2Cl)n1N. The highest BCUT2D eigenvalue weighted by Crippen LogP contribution is 2.27. The molecular weight excluding hydrogens is 304 g/mol. The minimum absolute atomic E-state index is 0.606. The molecule has 0 unspecified atom stereocenters. The number of rotatable bonds is 8. The topological polar surface area (TPSA) is 56.7 Å². The Hall–Kier alpha value is -1.20. The van der Waals surface area contributed by atoms with Gasteiger partial charge in [-0.3, -0.25) is 0 Å². The van der Waals surface area contributed by atoms with Crippen molar-refractivity contribution in [2.75, 3.05) is 11.6 Å². The standard InChI is InChI=1S/C15H21ClN4S/c1-2-3-4-5-8-11-21-15-19-18-14(20(15)17)12-9-6-7-10-13(12)16/h6-7,9-10H,2-5,8,11,17H2,1H3. The fourth-order valence-electron chi connectivity index (χ4n) is 2.07. The molecule has 21 heavy (non-hydrogen) atoms. The van der Waals surface area contributed by atoms with Crippen molar-refractivity contribution in [3.05, 3.63) is 29.3 Å². The van der Waals surface area contributed by atoms with Gasteiger partial charge >= 0.3 is 0 Å². The Balaban J connectivity index is 1.93. The van der Waals surface area contributed by atoms with E-state index in [4.69, 9.17) is 17.4 Å². The lowest BCUT2D eigenvalue weighted by atomic mass is 10.2. The van der Waals surface area contributed by atoms with E-state index >= 15 is 0 Å². The average Bonchev–Trinajstić information content (AvgIpc) is 2.84. The molecule has 0 aliphatic heterocycles. The molecule has 2 N–H and O–H groups in total. The van der Waals surface area contributed by atoms with Crippen LogP contribution in [0, 0.1) is 0 Å². The third kappa shape index (κ3) is 4.38. The normalized spacial score (nSPS) is 11.0. The number of thioether (sulfide) groups is 1. The van der Waals surface area contributed by atoms with Crippen LogP contribution in [0.4, 0.5) is 0 Å². The Morgan fingerprint density at radius 3 is 2.67 bits per heavy atom. The summed E-state index contributed by atoms with van der Waals surface area (Å²) in [5.74, 6) is 7.70. The number of aromatic nitrogens is 3. The fourth-order valence-corrected chi connectivity index (χ4v) is 3.15. The van der Waals surface area contributed by atoms with Gasteiger partial charge in [-0.05, 0) is 18.6 Å². The number of hydrogen-bond donors (Lipinski definition) is 1. The second-order valence-electron chi connectivity index (χ2n) is 4.92. The molecule has 0 aliphatic carbocycles. The molecule has 0 fully saturated rings. The van der Waals surface area contributed by atoms with Gasteiger partial charge in [-0.25, -0.2) is 4.68 Å². The van der Waals surface area contributed by atoms with Gasteiger partial charge < -0.3 is 5.84 Å². The molecule has 1 heterocycles. The molecule has 0 bridgehead atoms. The largest absolute Gasteiger partial charge is 0.335 e. The number of nitrogens with zero attached hydrogens (tertiary/aromatic N) is 3. The Morgan fingerprint density at radius 1 is 1.14 bits per heavy atom. The van der Waals surface area contributed by atoms with Gasteiger partial charge in [0.05, 0.1) is 5.02 Å². The number of nitrogen functional groups attached to an aromatic ring is 1. The van der Waals surface area contributed by atoms with Gasteiger partial charge in [-0.2, -0.15) is 0 Å². The van der Waals surface area contributed by atoms with Gasteiger partial charge in [0, 0.05) is 11.3 Å². The first-order chi connectivity index (χ1) is 10.2. The second-order valence-corrected chi connectivity index (χ2v) is 6.39. The van der Waals surface area contributed by atoms with Crippen LogP contribution in [0.25, 0.3) is 11.4 Å². The van der Waals surface area contributed by atoms with Crippen LogP contribution in [0.5, 0.6) is 0 Å². The molecule has 0 spiro atoms. The Bertz CT molecular complexity index is 571. The molecule has 114 valence electrons. The van der Waals surface area contributed by atoms with Gasteiger partial charge in [0.1, 0.15) is 0 Å². The number of halogens is 1. The molecule has 0 saturated carbocycles. The van der Waals surface area contributed by atoms with E-state index in [2.05, 4.69) is 17.1 Å². The number of hydrogen-bond acceptors (Lipinski definition) is 4. The van der Waals surface area contributed by atoms with Crippen LogP contribution in [-0.4, -0.2) is 20.6 Å². The second kappa shape index (κ2) is 8.29. The van der Waals surface area contributed by atoms with Gasteiger partial charge in [-0.1, -0.05) is 68.1 Å².